The summed E-state index contributed by atoms with van der Waals surface area (Å²) in [6.07, 6.45) is -54.1. The van der Waals surface area contributed by atoms with Crippen LogP contribution in [-0.4, -0.2) is 305 Å². The van der Waals surface area contributed by atoms with Crippen LogP contribution in [0.15, 0.2) is 0 Å². The minimum absolute atomic E-state index is 0.440. The smallest absolute Gasteiger partial charge is 0.397 e. The number of hydrogen-bond donors (Lipinski definition) is 17. The highest BCUT2D eigenvalue weighted by Gasteiger charge is 2.60. The maximum Gasteiger partial charge on any atom is 0.397 e. The van der Waals surface area contributed by atoms with Crippen LogP contribution < -0.4 is 14.2 Å². The molecule has 0 aliphatic carbocycles. The van der Waals surface area contributed by atoms with Crippen LogP contribution >= 0.6 is 0 Å². The second-order valence-electron chi connectivity index (χ2n) is 17.3. The van der Waals surface area contributed by atoms with Crippen molar-refractivity contribution >= 4 is 64.7 Å². The molecule has 0 saturated carbocycles. The zero-order valence-corrected chi connectivity index (χ0v) is 45.7. The van der Waals surface area contributed by atoms with E-state index in [9.17, 15) is 111 Å². The molecule has 5 saturated heterocycles. The molecule has 0 radical (unpaired) electrons. The summed E-state index contributed by atoms with van der Waals surface area (Å²) in [5, 5.41) is 106. The molecule has 498 valence electrons. The molecule has 5 fully saturated rings. The van der Waals surface area contributed by atoms with Crippen molar-refractivity contribution in [1.82, 2.24) is 14.2 Å². The Kier molecular flexibility index (Phi) is 26.5. The van der Waals surface area contributed by atoms with Crippen LogP contribution in [0.2, 0.25) is 0 Å². The Bertz CT molecular complexity index is 2720. The molecule has 0 aromatic heterocycles. The summed E-state index contributed by atoms with van der Waals surface area (Å²) in [5.74, 6) is 0. The second-order valence-corrected chi connectivity index (χ2v) is 23.1. The first-order valence-corrected chi connectivity index (χ1v) is 29.6. The van der Waals surface area contributed by atoms with E-state index >= 15 is 0 Å². The van der Waals surface area contributed by atoms with E-state index in [1.807, 2.05) is 0 Å². The number of aliphatic hydroxyl groups is 6. The fourth-order valence-electron chi connectivity index (χ4n) is 8.60. The lowest BCUT2D eigenvalue weighted by atomic mass is 9.95. The topological polar surface area (TPSA) is 709 Å². The molecule has 0 bridgehead atoms. The van der Waals surface area contributed by atoms with Crippen molar-refractivity contribution in [2.45, 2.75) is 154 Å². The highest BCUT2D eigenvalue weighted by molar-refractivity contribution is 7.84. The Labute approximate surface area is 474 Å². The van der Waals surface area contributed by atoms with E-state index in [-0.39, 0.29) is 0 Å². The number of hydrogen-bond acceptors (Lipinski definition) is 41. The van der Waals surface area contributed by atoms with Gasteiger partial charge in [-0.2, -0.15) is 66.0 Å². The van der Waals surface area contributed by atoms with Crippen LogP contribution in [0.5, 0.6) is 0 Å². The summed E-state index contributed by atoms with van der Waals surface area (Å²) < 4.78 is 243. The summed E-state index contributed by atoms with van der Waals surface area (Å²) in [5.41, 5.74) is 0. The fraction of sp³-hybridized carbons (Fsp3) is 0.935. The zero-order valence-electron chi connectivity index (χ0n) is 41.6. The summed E-state index contributed by atoms with van der Waals surface area (Å²) in [4.78, 5) is 37.6. The van der Waals surface area contributed by atoms with Gasteiger partial charge in [0.1, 0.15) is 98.0 Å². The maximum atomic E-state index is 12.6. The molecule has 5 aliphatic heterocycles. The van der Waals surface area contributed by atoms with Crippen molar-refractivity contribution in [3.05, 3.63) is 0 Å². The highest BCUT2D eigenvalue weighted by Crippen LogP contribution is 2.38. The lowest BCUT2D eigenvalue weighted by molar-refractivity contribution is -0.541. The minimum atomic E-state index is -5.74. The molecule has 5 heterocycles. The molecule has 85 heavy (non-hydrogen) atoms. The van der Waals surface area contributed by atoms with E-state index in [2.05, 4.69) is 33.3 Å². The third kappa shape index (κ3) is 20.4. The van der Waals surface area contributed by atoms with E-state index in [1.54, 1.807) is 0 Å². The SMILES string of the molecule is CO[C@H]1OC(COS(=O)(=O)O)[C@@H](OC2OC(OC=O)[C@H](O[C@@H]3OC(COOO)[C@@H](O[C@@H]4OC(OC=O)[C@@H](O[C@H]5OC(COS(=O)(=O)O)[C@@H](O)[C@H](O)C5NS(=O)(=O)O)[C@H](O)C4O)[C@H](OOO)C3NS(=O)(=O)O)[C@@H](O)[C@@H]2OOO)[C@H](O)C1NS(=O)(=O)O. The molecule has 25 atom stereocenters. The van der Waals surface area contributed by atoms with Gasteiger partial charge in [0.25, 0.3) is 12.9 Å². The van der Waals surface area contributed by atoms with Gasteiger partial charge < -0.3 is 87.5 Å². The summed E-state index contributed by atoms with van der Waals surface area (Å²) in [7, 11) is -26.4. The molecule has 0 aromatic rings. The Morgan fingerprint density at radius 3 is 1.32 bits per heavy atom. The lowest BCUT2D eigenvalue weighted by Crippen LogP contribution is -2.71. The third-order valence-corrected chi connectivity index (χ3v) is 14.6. The van der Waals surface area contributed by atoms with Gasteiger partial charge in [0.2, 0.25) is 12.6 Å². The van der Waals surface area contributed by atoms with Gasteiger partial charge in [-0.25, -0.2) is 29.0 Å². The standard InChI is InChI=1S/C31H53N3O46S5/c1-61-25-11(33-82(49,50)51)15(39)19(9(68-25)4-66-85(58,59)60)70-31-24(77-80-45)18(42)23(30(75-31)63-6-36)73-27-12(34-83(52,53)54)21(76-79-44)20(8(69-27)2-64-78-43)71-28-17(41)16(40)22(29(74-28)62-5-35)72-26-10(32-81(46,47)48)14(38)13(37)7(67-26)3-65-84(55,56)57/h5-34,37-45H,2-4H2,1H3,(H,46,47,48)(H,49,50,51)(H,52,53,54)(H,55,56,57)(H,58,59,60)/t7?,8?,9?,10?,11?,12?,13-,14-,15-,16-,17?,18-,19-,20-,21-,22+,23-,24+,25+,26-,27+,28-,29?,30?,31?/m1/s1. The third-order valence-electron chi connectivity index (χ3n) is 12.0. The van der Waals surface area contributed by atoms with Crippen LogP contribution in [0.1, 0.15) is 0 Å². The molecule has 17 N–H and O–H groups in total. The molecule has 5 aliphatic rings. The van der Waals surface area contributed by atoms with E-state index in [4.69, 9.17) is 71.5 Å². The molecular weight excluding hydrogens is 1310 g/mol. The number of aliphatic hydroxyl groups excluding tert-OH is 6. The molecule has 0 amide bonds. The van der Waals surface area contributed by atoms with Crippen LogP contribution in [-0.2, 0) is 156 Å². The van der Waals surface area contributed by atoms with Crippen LogP contribution in [0.4, 0.5) is 0 Å². The Morgan fingerprint density at radius 1 is 0.400 bits per heavy atom. The van der Waals surface area contributed by atoms with Crippen molar-refractivity contribution < 1.29 is 216 Å². The van der Waals surface area contributed by atoms with Crippen molar-refractivity contribution in [3.63, 3.8) is 0 Å². The number of rotatable bonds is 32. The largest absolute Gasteiger partial charge is 0.435 e. The van der Waals surface area contributed by atoms with Gasteiger partial charge in [0.05, 0.1) is 13.2 Å². The number of nitrogens with one attached hydrogen (secondary N) is 3. The normalized spacial score (nSPS) is 39.9. The van der Waals surface area contributed by atoms with Gasteiger partial charge >= 0.3 is 51.7 Å². The average molecular weight is 1360 g/mol. The van der Waals surface area contributed by atoms with Gasteiger partial charge in [-0.1, -0.05) is 15.1 Å². The second kappa shape index (κ2) is 30.9. The predicted octanol–water partition coefficient (Wildman–Crippen LogP) is -11.9. The van der Waals surface area contributed by atoms with Gasteiger partial charge in [-0.05, 0) is 0 Å². The first-order chi connectivity index (χ1) is 39.5. The highest BCUT2D eigenvalue weighted by atomic mass is 32.3. The van der Waals surface area contributed by atoms with Crippen molar-refractivity contribution in [2.24, 2.45) is 0 Å². The molecular formula is C31H53N3O46S5. The van der Waals surface area contributed by atoms with E-state index < -0.39 is 238 Å². The Hall–Kier alpha value is -2.71. The number of ether oxygens (including phenoxy) is 12. The van der Waals surface area contributed by atoms with Crippen LogP contribution in [0.3, 0.4) is 0 Å². The van der Waals surface area contributed by atoms with Crippen molar-refractivity contribution in [3.8, 4) is 0 Å². The Morgan fingerprint density at radius 2 is 0.824 bits per heavy atom. The van der Waals surface area contributed by atoms with Gasteiger partial charge in [0, 0.05) is 7.11 Å². The summed E-state index contributed by atoms with van der Waals surface area (Å²) in [6.45, 7) is -4.93. The molecule has 0 aromatic carbocycles. The molecule has 5 rings (SSSR count). The van der Waals surface area contributed by atoms with Crippen LogP contribution in [0.25, 0.3) is 0 Å². The first kappa shape index (κ1) is 73.0. The fourth-order valence-corrected chi connectivity index (χ4v) is 11.0. The van der Waals surface area contributed by atoms with Gasteiger partial charge in [-0.15, -0.1) is 0 Å². The predicted molar refractivity (Wildman–Crippen MR) is 237 cm³/mol. The number of carbonyl (C=O) groups excluding carboxylic acids is 2. The lowest BCUT2D eigenvalue weighted by Gasteiger charge is -2.50. The molecule has 54 heteroatoms. The quantitative estimate of drug-likeness (QED) is 0.0129. The van der Waals surface area contributed by atoms with E-state index in [0.717, 1.165) is 7.11 Å². The monoisotopic (exact) mass is 1360 g/mol. The zero-order chi connectivity index (χ0) is 63.7. The number of carbonyl (C=O) groups is 2. The number of methoxy groups -OCH3 is 1. The summed E-state index contributed by atoms with van der Waals surface area (Å²) >= 11 is 0. The molecule has 49 nitrogen and oxygen atoms in total. The molecule has 10 unspecified atom stereocenters. The van der Waals surface area contributed by atoms with Gasteiger partial charge in [-0.3, -0.25) is 32.4 Å². The van der Waals surface area contributed by atoms with E-state index in [0.29, 0.717) is 0 Å². The summed E-state index contributed by atoms with van der Waals surface area (Å²) in [6, 6.07) is -7.17. The van der Waals surface area contributed by atoms with E-state index in [1.165, 1.54) is 14.2 Å². The Balaban J connectivity index is 1.49. The maximum absolute atomic E-state index is 12.6. The minimum Gasteiger partial charge on any atom is -0.435 e. The van der Waals surface area contributed by atoms with Crippen molar-refractivity contribution in [2.75, 3.05) is 26.9 Å². The van der Waals surface area contributed by atoms with Gasteiger partial charge in [0.15, 0.2) is 49.8 Å². The van der Waals surface area contributed by atoms with Crippen LogP contribution in [0, 0.1) is 0 Å². The average Bonchev–Trinajstić information content (AvgIpc) is 2.70. The first-order valence-electron chi connectivity index (χ1n) is 22.5. The van der Waals surface area contributed by atoms with Crippen molar-refractivity contribution in [1.29, 1.82) is 0 Å². The molecule has 0 spiro atoms.